The van der Waals surface area contributed by atoms with E-state index in [2.05, 4.69) is 10.5 Å². The first-order chi connectivity index (χ1) is 13.6. The number of ether oxygens (including phenoxy) is 2. The van der Waals surface area contributed by atoms with E-state index in [-0.39, 0.29) is 12.5 Å². The Labute approximate surface area is 161 Å². The lowest BCUT2D eigenvalue weighted by Crippen LogP contribution is -2.20. The van der Waals surface area contributed by atoms with Crippen molar-refractivity contribution in [3.05, 3.63) is 71.8 Å². The number of methoxy groups -OCH3 is 1. The molecule has 0 bridgehead atoms. The van der Waals surface area contributed by atoms with E-state index in [0.717, 1.165) is 16.3 Å². The van der Waals surface area contributed by atoms with E-state index in [1.807, 2.05) is 30.3 Å². The van der Waals surface area contributed by atoms with Gasteiger partial charge in [-0.15, -0.1) is 0 Å². The fourth-order valence-corrected chi connectivity index (χ4v) is 2.60. The fourth-order valence-electron chi connectivity index (χ4n) is 2.60. The second kappa shape index (κ2) is 8.68. The van der Waals surface area contributed by atoms with Crippen molar-refractivity contribution in [2.45, 2.75) is 0 Å². The van der Waals surface area contributed by atoms with Crippen molar-refractivity contribution in [2.24, 2.45) is 10.8 Å². The van der Waals surface area contributed by atoms with Gasteiger partial charge in [0, 0.05) is 0 Å². The maximum absolute atomic E-state index is 12.5. The fraction of sp³-hybridized carbons (Fsp3) is 0.0952. The number of nitrogens with two attached hydrogens (primary N) is 1. The number of amides is 2. The SMILES string of the molecule is COc1cc2ccccc2cc1C(=O)N/N=C/c1ccc(OCC(N)=O)cc1. The van der Waals surface area contributed by atoms with Crippen LogP contribution in [0.2, 0.25) is 0 Å². The number of hydrogen-bond acceptors (Lipinski definition) is 5. The van der Waals surface area contributed by atoms with Crippen LogP contribution in [0.25, 0.3) is 10.8 Å². The summed E-state index contributed by atoms with van der Waals surface area (Å²) in [7, 11) is 1.52. The number of primary amides is 1. The molecule has 0 aromatic heterocycles. The van der Waals surface area contributed by atoms with Crippen LogP contribution in [-0.2, 0) is 4.79 Å². The van der Waals surface area contributed by atoms with Crippen LogP contribution in [0, 0.1) is 0 Å². The summed E-state index contributed by atoms with van der Waals surface area (Å²) in [4.78, 5) is 23.2. The number of hydrogen-bond donors (Lipinski definition) is 2. The van der Waals surface area contributed by atoms with E-state index in [1.54, 1.807) is 30.3 Å². The van der Waals surface area contributed by atoms with Gasteiger partial charge < -0.3 is 15.2 Å². The highest BCUT2D eigenvalue weighted by molar-refractivity contribution is 6.01. The molecule has 28 heavy (non-hydrogen) atoms. The van der Waals surface area contributed by atoms with E-state index >= 15 is 0 Å². The summed E-state index contributed by atoms with van der Waals surface area (Å²) in [6, 6.07) is 18.1. The first-order valence-corrected chi connectivity index (χ1v) is 8.48. The second-order valence-electron chi connectivity index (χ2n) is 5.92. The van der Waals surface area contributed by atoms with Gasteiger partial charge in [-0.3, -0.25) is 9.59 Å². The lowest BCUT2D eigenvalue weighted by molar-refractivity contribution is -0.119. The maximum atomic E-state index is 12.5. The summed E-state index contributed by atoms with van der Waals surface area (Å²) < 4.78 is 10.5. The van der Waals surface area contributed by atoms with Gasteiger partial charge in [-0.05, 0) is 52.7 Å². The first kappa shape index (κ1) is 18.9. The molecule has 0 aliphatic rings. The van der Waals surface area contributed by atoms with Crippen LogP contribution in [0.4, 0.5) is 0 Å². The molecule has 3 aromatic carbocycles. The minimum absolute atomic E-state index is 0.183. The molecular weight excluding hydrogens is 358 g/mol. The molecule has 0 heterocycles. The number of benzene rings is 3. The Morgan fingerprint density at radius 3 is 2.39 bits per heavy atom. The maximum Gasteiger partial charge on any atom is 0.275 e. The molecule has 3 aromatic rings. The molecule has 0 saturated carbocycles. The summed E-state index contributed by atoms with van der Waals surface area (Å²) in [5.41, 5.74) is 8.67. The number of carbonyl (C=O) groups is 2. The Morgan fingerprint density at radius 2 is 1.75 bits per heavy atom. The first-order valence-electron chi connectivity index (χ1n) is 8.48. The smallest absolute Gasteiger partial charge is 0.275 e. The zero-order chi connectivity index (χ0) is 19.9. The van der Waals surface area contributed by atoms with Gasteiger partial charge in [-0.25, -0.2) is 5.43 Å². The number of nitrogens with zero attached hydrogens (tertiary/aromatic N) is 1. The van der Waals surface area contributed by atoms with Crippen molar-refractivity contribution in [3.63, 3.8) is 0 Å². The van der Waals surface area contributed by atoms with Gasteiger partial charge in [0.25, 0.3) is 11.8 Å². The van der Waals surface area contributed by atoms with E-state index in [1.165, 1.54) is 13.3 Å². The molecular formula is C21H19N3O4. The third-order valence-corrected chi connectivity index (χ3v) is 3.95. The molecule has 0 saturated heterocycles. The largest absolute Gasteiger partial charge is 0.496 e. The minimum atomic E-state index is -0.544. The molecule has 0 fully saturated rings. The average molecular weight is 377 g/mol. The van der Waals surface area contributed by atoms with Crippen LogP contribution in [0.3, 0.4) is 0 Å². The Morgan fingerprint density at radius 1 is 1.07 bits per heavy atom. The van der Waals surface area contributed by atoms with Crippen molar-refractivity contribution in [3.8, 4) is 11.5 Å². The van der Waals surface area contributed by atoms with Gasteiger partial charge in [0.05, 0.1) is 18.9 Å². The van der Waals surface area contributed by atoms with Gasteiger partial charge in [-0.2, -0.15) is 5.10 Å². The average Bonchev–Trinajstić information content (AvgIpc) is 2.72. The third kappa shape index (κ3) is 4.64. The molecule has 0 aliphatic heterocycles. The van der Waals surface area contributed by atoms with Gasteiger partial charge >= 0.3 is 0 Å². The molecule has 0 aliphatic carbocycles. The van der Waals surface area contributed by atoms with E-state index in [9.17, 15) is 9.59 Å². The Bertz CT molecular complexity index is 1030. The van der Waals surface area contributed by atoms with E-state index in [0.29, 0.717) is 17.1 Å². The summed E-state index contributed by atoms with van der Waals surface area (Å²) >= 11 is 0. The summed E-state index contributed by atoms with van der Waals surface area (Å²) in [6.07, 6.45) is 1.50. The molecule has 3 rings (SSSR count). The van der Waals surface area contributed by atoms with Crippen LogP contribution in [0.1, 0.15) is 15.9 Å². The molecule has 2 amide bonds. The van der Waals surface area contributed by atoms with Crippen molar-refractivity contribution in [1.29, 1.82) is 0 Å². The molecule has 0 spiro atoms. The number of hydrazone groups is 1. The Balaban J connectivity index is 1.68. The third-order valence-electron chi connectivity index (χ3n) is 3.95. The lowest BCUT2D eigenvalue weighted by Gasteiger charge is -2.09. The quantitative estimate of drug-likeness (QED) is 0.488. The van der Waals surface area contributed by atoms with E-state index < -0.39 is 5.91 Å². The predicted molar refractivity (Wildman–Crippen MR) is 107 cm³/mol. The standard InChI is InChI=1S/C21H19N3O4/c1-27-19-11-16-5-3-2-4-15(16)10-18(19)21(26)24-23-12-14-6-8-17(9-7-14)28-13-20(22)25/h2-12H,13H2,1H3,(H2,22,25)(H,24,26)/b23-12+. The highest BCUT2D eigenvalue weighted by Gasteiger charge is 2.13. The zero-order valence-electron chi connectivity index (χ0n) is 15.2. The topological polar surface area (TPSA) is 103 Å². The molecule has 142 valence electrons. The number of nitrogens with one attached hydrogen (secondary N) is 1. The van der Waals surface area contributed by atoms with Crippen LogP contribution in [-0.4, -0.2) is 31.7 Å². The number of carbonyl (C=O) groups excluding carboxylic acids is 2. The predicted octanol–water partition coefficient (Wildman–Crippen LogP) is 2.48. The molecule has 0 atom stereocenters. The second-order valence-corrected chi connectivity index (χ2v) is 5.92. The minimum Gasteiger partial charge on any atom is -0.496 e. The van der Waals surface area contributed by atoms with Crippen molar-refractivity contribution in [2.75, 3.05) is 13.7 Å². The van der Waals surface area contributed by atoms with Crippen LogP contribution < -0.4 is 20.6 Å². The number of rotatable bonds is 7. The normalized spacial score (nSPS) is 10.8. The molecule has 0 radical (unpaired) electrons. The van der Waals surface area contributed by atoms with Gasteiger partial charge in [-0.1, -0.05) is 24.3 Å². The summed E-state index contributed by atoms with van der Waals surface area (Å²) in [5, 5.41) is 5.90. The summed E-state index contributed by atoms with van der Waals surface area (Å²) in [6.45, 7) is -0.183. The van der Waals surface area contributed by atoms with E-state index in [4.69, 9.17) is 15.2 Å². The Hall–Kier alpha value is -3.87. The molecule has 7 nitrogen and oxygen atoms in total. The van der Waals surface area contributed by atoms with Crippen molar-refractivity contribution < 1.29 is 19.1 Å². The highest BCUT2D eigenvalue weighted by atomic mass is 16.5. The van der Waals surface area contributed by atoms with Gasteiger partial charge in [0.15, 0.2) is 6.61 Å². The molecule has 3 N–H and O–H groups in total. The van der Waals surface area contributed by atoms with Gasteiger partial charge in [0.1, 0.15) is 11.5 Å². The Kier molecular flexibility index (Phi) is 5.86. The monoisotopic (exact) mass is 377 g/mol. The van der Waals surface area contributed by atoms with Crippen molar-refractivity contribution in [1.82, 2.24) is 5.43 Å². The number of fused-ring (bicyclic) bond motifs is 1. The zero-order valence-corrected chi connectivity index (χ0v) is 15.2. The van der Waals surface area contributed by atoms with Crippen LogP contribution >= 0.6 is 0 Å². The lowest BCUT2D eigenvalue weighted by atomic mass is 10.1. The van der Waals surface area contributed by atoms with Crippen LogP contribution in [0.5, 0.6) is 11.5 Å². The molecule has 0 unspecified atom stereocenters. The molecule has 7 heteroatoms. The van der Waals surface area contributed by atoms with Crippen LogP contribution in [0.15, 0.2) is 65.8 Å². The van der Waals surface area contributed by atoms with Crippen molar-refractivity contribution >= 4 is 28.8 Å². The summed E-state index contributed by atoms with van der Waals surface area (Å²) in [5.74, 6) is 0.0703. The highest BCUT2D eigenvalue weighted by Crippen LogP contribution is 2.25. The van der Waals surface area contributed by atoms with Gasteiger partial charge in [0.2, 0.25) is 0 Å².